The van der Waals surface area contributed by atoms with Gasteiger partial charge in [-0.2, -0.15) is 0 Å². The highest BCUT2D eigenvalue weighted by atomic mass is 16.2. The molecule has 0 saturated carbocycles. The second-order valence-corrected chi connectivity index (χ2v) is 4.98. The van der Waals surface area contributed by atoms with Gasteiger partial charge in [-0.15, -0.1) is 0 Å². The minimum atomic E-state index is -0.355. The number of carbonyl (C=O) groups excluding carboxylic acids is 2. The van der Waals surface area contributed by atoms with E-state index in [2.05, 4.69) is 0 Å². The lowest BCUT2D eigenvalue weighted by Crippen LogP contribution is -2.29. The molecule has 0 radical (unpaired) electrons. The summed E-state index contributed by atoms with van der Waals surface area (Å²) in [4.78, 5) is 26.0. The molecule has 0 spiro atoms. The lowest BCUT2D eigenvalue weighted by Gasteiger charge is -2.15. The van der Waals surface area contributed by atoms with E-state index in [-0.39, 0.29) is 11.8 Å². The molecule has 0 aromatic heterocycles. The van der Waals surface area contributed by atoms with Crippen LogP contribution >= 0.6 is 0 Å². The number of nitrogens with two attached hydrogens (primary N) is 1. The highest BCUT2D eigenvalue weighted by Crippen LogP contribution is 2.32. The zero-order chi connectivity index (χ0) is 14.4. The normalized spacial score (nSPS) is 13.8. The second-order valence-electron chi connectivity index (χ2n) is 4.98. The van der Waals surface area contributed by atoms with Gasteiger partial charge in [-0.25, -0.2) is 4.90 Å². The van der Waals surface area contributed by atoms with Crippen LogP contribution in [0.25, 0.3) is 0 Å². The number of amides is 2. The fourth-order valence-corrected chi connectivity index (χ4v) is 2.41. The zero-order valence-electron chi connectivity index (χ0n) is 11.3. The van der Waals surface area contributed by atoms with Gasteiger partial charge in [-0.3, -0.25) is 9.59 Å². The molecule has 100 valence electrons. The fraction of sp³-hybridized carbons (Fsp3) is 0.125. The summed E-state index contributed by atoms with van der Waals surface area (Å²) in [6.45, 7) is 3.94. The summed E-state index contributed by atoms with van der Waals surface area (Å²) in [6.07, 6.45) is 0. The van der Waals surface area contributed by atoms with Crippen LogP contribution in [0.1, 0.15) is 31.8 Å². The van der Waals surface area contributed by atoms with Crippen LogP contribution in [0.2, 0.25) is 0 Å². The Hall–Kier alpha value is -2.62. The third kappa shape index (κ3) is 1.61. The quantitative estimate of drug-likeness (QED) is 0.637. The summed E-state index contributed by atoms with van der Waals surface area (Å²) in [6, 6.07) is 10.5. The van der Waals surface area contributed by atoms with E-state index in [4.69, 9.17) is 5.73 Å². The van der Waals surface area contributed by atoms with E-state index < -0.39 is 0 Å². The van der Waals surface area contributed by atoms with Gasteiger partial charge in [-0.1, -0.05) is 12.1 Å². The van der Waals surface area contributed by atoms with Gasteiger partial charge in [0.1, 0.15) is 0 Å². The maximum atomic E-state index is 12.4. The number of rotatable bonds is 1. The molecule has 0 saturated heterocycles. The van der Waals surface area contributed by atoms with Crippen LogP contribution in [0.5, 0.6) is 0 Å². The number of fused-ring (bicyclic) bond motifs is 1. The number of anilines is 2. The van der Waals surface area contributed by atoms with E-state index in [1.54, 1.807) is 24.3 Å². The smallest absolute Gasteiger partial charge is 0.268 e. The van der Waals surface area contributed by atoms with Crippen LogP contribution in [0.15, 0.2) is 36.4 Å². The van der Waals surface area contributed by atoms with Gasteiger partial charge < -0.3 is 5.73 Å². The average Bonchev–Trinajstić information content (AvgIpc) is 2.67. The predicted octanol–water partition coefficient (Wildman–Crippen LogP) is 2.69. The van der Waals surface area contributed by atoms with Crippen LogP contribution < -0.4 is 10.6 Å². The molecule has 0 atom stereocenters. The topological polar surface area (TPSA) is 63.4 Å². The number of imide groups is 1. The molecular formula is C16H14N2O2. The Morgan fingerprint density at radius 2 is 1.70 bits per heavy atom. The molecule has 0 aliphatic carbocycles. The first kappa shape index (κ1) is 12.4. The van der Waals surface area contributed by atoms with Crippen molar-refractivity contribution in [3.63, 3.8) is 0 Å². The second kappa shape index (κ2) is 4.20. The third-order valence-corrected chi connectivity index (χ3v) is 3.70. The molecule has 4 nitrogen and oxygen atoms in total. The molecule has 2 aromatic rings. The van der Waals surface area contributed by atoms with Crippen molar-refractivity contribution in [3.05, 3.63) is 58.7 Å². The molecule has 1 heterocycles. The number of aryl methyl sites for hydroxylation is 2. The Morgan fingerprint density at radius 1 is 0.950 bits per heavy atom. The molecule has 20 heavy (non-hydrogen) atoms. The van der Waals surface area contributed by atoms with Crippen LogP contribution in [-0.2, 0) is 0 Å². The zero-order valence-corrected chi connectivity index (χ0v) is 11.3. The Bertz CT molecular complexity index is 750. The molecule has 1 aliphatic rings. The Morgan fingerprint density at radius 3 is 2.35 bits per heavy atom. The highest BCUT2D eigenvalue weighted by molar-refractivity contribution is 6.35. The molecular weight excluding hydrogens is 252 g/mol. The molecule has 0 bridgehead atoms. The summed E-state index contributed by atoms with van der Waals surface area (Å²) in [5, 5.41) is 0. The number of nitrogens with zero attached hydrogens (tertiary/aromatic N) is 1. The van der Waals surface area contributed by atoms with Crippen molar-refractivity contribution >= 4 is 23.2 Å². The molecule has 2 aromatic carbocycles. The van der Waals surface area contributed by atoms with Gasteiger partial charge >= 0.3 is 0 Å². The van der Waals surface area contributed by atoms with Gasteiger partial charge in [0, 0.05) is 5.69 Å². The van der Waals surface area contributed by atoms with Crippen LogP contribution in [-0.4, -0.2) is 11.8 Å². The number of hydrogen-bond acceptors (Lipinski definition) is 3. The highest BCUT2D eigenvalue weighted by Gasteiger charge is 2.38. The minimum absolute atomic E-state index is 0.302. The van der Waals surface area contributed by atoms with Crippen molar-refractivity contribution in [2.24, 2.45) is 0 Å². The van der Waals surface area contributed by atoms with E-state index in [9.17, 15) is 9.59 Å². The lowest BCUT2D eigenvalue weighted by molar-refractivity contribution is 0.0926. The van der Waals surface area contributed by atoms with E-state index in [1.165, 1.54) is 4.90 Å². The minimum Gasteiger partial charge on any atom is -0.398 e. The summed E-state index contributed by atoms with van der Waals surface area (Å²) < 4.78 is 0. The fourth-order valence-electron chi connectivity index (χ4n) is 2.41. The summed E-state index contributed by atoms with van der Waals surface area (Å²) in [5.41, 5.74) is 9.56. The van der Waals surface area contributed by atoms with Gasteiger partial charge in [0.25, 0.3) is 11.8 Å². The summed E-state index contributed by atoms with van der Waals surface area (Å²) in [7, 11) is 0. The Balaban J connectivity index is 2.14. The maximum Gasteiger partial charge on any atom is 0.268 e. The maximum absolute atomic E-state index is 12.4. The van der Waals surface area contributed by atoms with Crippen molar-refractivity contribution in [2.45, 2.75) is 13.8 Å². The standard InChI is InChI=1S/C16H14N2O2/c1-9-6-7-11(8-10(9)2)18-15(19)12-4-3-5-13(17)14(12)16(18)20/h3-8H,17H2,1-2H3. The monoisotopic (exact) mass is 266 g/mol. The molecule has 0 fully saturated rings. The Labute approximate surface area is 116 Å². The van der Waals surface area contributed by atoms with Crippen molar-refractivity contribution in [2.75, 3.05) is 10.6 Å². The van der Waals surface area contributed by atoms with Crippen molar-refractivity contribution < 1.29 is 9.59 Å². The number of benzene rings is 2. The summed E-state index contributed by atoms with van der Waals surface area (Å²) >= 11 is 0. The van der Waals surface area contributed by atoms with Gasteiger partial charge in [0.2, 0.25) is 0 Å². The van der Waals surface area contributed by atoms with E-state index in [1.807, 2.05) is 26.0 Å². The molecule has 3 rings (SSSR count). The molecule has 2 amide bonds. The van der Waals surface area contributed by atoms with E-state index in [0.717, 1.165) is 11.1 Å². The molecule has 0 unspecified atom stereocenters. The Kier molecular flexibility index (Phi) is 2.61. The number of carbonyl (C=O) groups is 2. The van der Waals surface area contributed by atoms with E-state index in [0.29, 0.717) is 22.5 Å². The van der Waals surface area contributed by atoms with Crippen LogP contribution in [0.3, 0.4) is 0 Å². The molecule has 4 heteroatoms. The lowest BCUT2D eigenvalue weighted by atomic mass is 10.1. The molecule has 2 N–H and O–H groups in total. The molecule has 1 aliphatic heterocycles. The summed E-state index contributed by atoms with van der Waals surface area (Å²) in [5.74, 6) is -0.674. The van der Waals surface area contributed by atoms with E-state index >= 15 is 0 Å². The first-order valence-electron chi connectivity index (χ1n) is 6.35. The van der Waals surface area contributed by atoms with Crippen LogP contribution in [0.4, 0.5) is 11.4 Å². The third-order valence-electron chi connectivity index (χ3n) is 3.70. The first-order valence-corrected chi connectivity index (χ1v) is 6.35. The van der Waals surface area contributed by atoms with Crippen molar-refractivity contribution in [1.29, 1.82) is 0 Å². The first-order chi connectivity index (χ1) is 9.50. The van der Waals surface area contributed by atoms with Crippen molar-refractivity contribution in [3.8, 4) is 0 Å². The predicted molar refractivity (Wildman–Crippen MR) is 77.9 cm³/mol. The van der Waals surface area contributed by atoms with Crippen LogP contribution in [0, 0.1) is 13.8 Å². The largest absolute Gasteiger partial charge is 0.398 e. The average molecular weight is 266 g/mol. The number of hydrogen-bond donors (Lipinski definition) is 1. The SMILES string of the molecule is Cc1ccc(N2C(=O)c3cccc(N)c3C2=O)cc1C. The van der Waals surface area contributed by atoms with Gasteiger partial charge in [0.05, 0.1) is 16.8 Å². The number of nitrogen functional groups attached to an aromatic ring is 1. The van der Waals surface area contributed by atoms with Crippen molar-refractivity contribution in [1.82, 2.24) is 0 Å². The van der Waals surface area contributed by atoms with Gasteiger partial charge in [0.15, 0.2) is 0 Å². The van der Waals surface area contributed by atoms with Gasteiger partial charge in [-0.05, 0) is 49.2 Å².